The molecule has 1 aromatic carbocycles. The Bertz CT molecular complexity index is 413. The molecule has 4 heteroatoms. The number of halogens is 2. The van der Waals surface area contributed by atoms with Crippen molar-refractivity contribution in [3.63, 3.8) is 0 Å². The lowest BCUT2D eigenvalue weighted by atomic mass is 10.1. The van der Waals surface area contributed by atoms with Gasteiger partial charge in [-0.3, -0.25) is 4.79 Å². The topological polar surface area (TPSA) is 37.3 Å². The van der Waals surface area contributed by atoms with Gasteiger partial charge in [-0.25, -0.2) is 4.39 Å². The van der Waals surface area contributed by atoms with Crippen molar-refractivity contribution in [1.82, 2.24) is 0 Å². The molecule has 0 aromatic heterocycles. The zero-order chi connectivity index (χ0) is 11.4. The van der Waals surface area contributed by atoms with Gasteiger partial charge in [0.2, 0.25) is 0 Å². The molecule has 1 aromatic rings. The lowest BCUT2D eigenvalue weighted by molar-refractivity contribution is -0.135. The summed E-state index contributed by atoms with van der Waals surface area (Å²) in [5.41, 5.74) is 1.10. The number of carbonyl (C=O) groups is 1. The number of carboxylic acids is 1. The van der Waals surface area contributed by atoms with Crippen LogP contribution >= 0.6 is 11.6 Å². The highest BCUT2D eigenvalue weighted by Gasteiger charge is 2.03. The van der Waals surface area contributed by atoms with E-state index in [2.05, 4.69) is 0 Å². The second-order valence-electron chi connectivity index (χ2n) is 3.12. The van der Waals surface area contributed by atoms with E-state index in [-0.39, 0.29) is 6.42 Å². The van der Waals surface area contributed by atoms with Crippen LogP contribution in [0.25, 0.3) is 6.08 Å². The molecule has 0 aliphatic rings. The molecule has 0 aliphatic carbocycles. The van der Waals surface area contributed by atoms with E-state index in [4.69, 9.17) is 16.7 Å². The van der Waals surface area contributed by atoms with Gasteiger partial charge in [-0.2, -0.15) is 0 Å². The molecule has 0 fully saturated rings. The van der Waals surface area contributed by atoms with Gasteiger partial charge >= 0.3 is 5.97 Å². The van der Waals surface area contributed by atoms with Crippen LogP contribution in [0.5, 0.6) is 0 Å². The molecule has 1 N–H and O–H groups in total. The summed E-state index contributed by atoms with van der Waals surface area (Å²) >= 11 is 5.71. The number of hydrogen-bond donors (Lipinski definition) is 1. The minimum Gasteiger partial charge on any atom is -0.481 e. The molecule has 0 amide bonds. The maximum Gasteiger partial charge on any atom is 0.307 e. The first kappa shape index (κ1) is 11.7. The van der Waals surface area contributed by atoms with E-state index in [1.54, 1.807) is 13.0 Å². The Morgan fingerprint density at radius 2 is 2.27 bits per heavy atom. The Morgan fingerprint density at radius 3 is 2.87 bits per heavy atom. The predicted octanol–water partition coefficient (Wildman–Crippen LogP) is 3.28. The lowest BCUT2D eigenvalue weighted by Gasteiger charge is -2.01. The summed E-state index contributed by atoms with van der Waals surface area (Å²) in [6, 6.07) is 2.80. The summed E-state index contributed by atoms with van der Waals surface area (Å²) < 4.78 is 13.3. The fraction of sp³-hybridized carbons (Fsp3) is 0.182. The van der Waals surface area contributed by atoms with E-state index in [0.717, 1.165) is 5.56 Å². The fourth-order valence-electron chi connectivity index (χ4n) is 1.09. The second-order valence-corrected chi connectivity index (χ2v) is 3.53. The van der Waals surface area contributed by atoms with Gasteiger partial charge in [0.25, 0.3) is 0 Å². The van der Waals surface area contributed by atoms with Gasteiger partial charge in [0.05, 0.1) is 6.42 Å². The summed E-state index contributed by atoms with van der Waals surface area (Å²) in [6.45, 7) is 1.76. The Kier molecular flexibility index (Phi) is 3.86. The average molecular weight is 229 g/mol. The van der Waals surface area contributed by atoms with Crippen LogP contribution < -0.4 is 0 Å². The number of aryl methyl sites for hydroxylation is 1. The van der Waals surface area contributed by atoms with Crippen molar-refractivity contribution in [2.75, 3.05) is 0 Å². The van der Waals surface area contributed by atoms with Crippen molar-refractivity contribution < 1.29 is 14.3 Å². The zero-order valence-corrected chi connectivity index (χ0v) is 8.88. The van der Waals surface area contributed by atoms with Gasteiger partial charge in [0, 0.05) is 10.6 Å². The van der Waals surface area contributed by atoms with Crippen LogP contribution in [-0.4, -0.2) is 11.1 Å². The van der Waals surface area contributed by atoms with E-state index < -0.39 is 11.8 Å². The van der Waals surface area contributed by atoms with E-state index in [0.29, 0.717) is 10.6 Å². The molecule has 0 radical (unpaired) electrons. The van der Waals surface area contributed by atoms with Crippen LogP contribution in [0.15, 0.2) is 18.2 Å². The normalized spacial score (nSPS) is 10.9. The SMILES string of the molecule is Cc1cc(C=CCC(=O)O)c(F)cc1Cl. The van der Waals surface area contributed by atoms with E-state index >= 15 is 0 Å². The molecule has 0 unspecified atom stereocenters. The third kappa shape index (κ3) is 3.36. The van der Waals surface area contributed by atoms with Crippen molar-refractivity contribution in [2.24, 2.45) is 0 Å². The van der Waals surface area contributed by atoms with Gasteiger partial charge in [0.15, 0.2) is 0 Å². The molecular formula is C11H10ClFO2. The lowest BCUT2D eigenvalue weighted by Crippen LogP contribution is -1.90. The molecule has 15 heavy (non-hydrogen) atoms. The molecule has 0 saturated heterocycles. The largest absolute Gasteiger partial charge is 0.481 e. The Hall–Kier alpha value is -1.35. The maximum atomic E-state index is 13.3. The summed E-state index contributed by atoms with van der Waals surface area (Å²) in [5.74, 6) is -1.40. The Balaban J connectivity index is 2.90. The van der Waals surface area contributed by atoms with Gasteiger partial charge in [-0.15, -0.1) is 0 Å². The first-order chi connectivity index (χ1) is 7.00. The maximum absolute atomic E-state index is 13.3. The highest BCUT2D eigenvalue weighted by Crippen LogP contribution is 2.20. The number of carboxylic acid groups (broad SMARTS) is 1. The quantitative estimate of drug-likeness (QED) is 0.862. The number of rotatable bonds is 3. The van der Waals surface area contributed by atoms with Crippen LogP contribution in [0.3, 0.4) is 0 Å². The third-order valence-electron chi connectivity index (χ3n) is 1.87. The first-order valence-electron chi connectivity index (χ1n) is 4.34. The van der Waals surface area contributed by atoms with Crippen LogP contribution in [0.2, 0.25) is 5.02 Å². The molecule has 2 nitrogen and oxygen atoms in total. The summed E-state index contributed by atoms with van der Waals surface area (Å²) in [6.07, 6.45) is 2.71. The molecule has 1 rings (SSSR count). The minimum atomic E-state index is -0.947. The highest BCUT2D eigenvalue weighted by atomic mass is 35.5. The summed E-state index contributed by atoms with van der Waals surface area (Å²) in [4.78, 5) is 10.2. The smallest absolute Gasteiger partial charge is 0.307 e. The van der Waals surface area contributed by atoms with E-state index in [9.17, 15) is 9.18 Å². The fourth-order valence-corrected chi connectivity index (χ4v) is 1.24. The second kappa shape index (κ2) is 4.94. The van der Waals surface area contributed by atoms with Crippen LogP contribution in [0.1, 0.15) is 17.5 Å². The van der Waals surface area contributed by atoms with E-state index in [1.807, 2.05) is 0 Å². The molecule has 80 valence electrons. The number of aliphatic carboxylic acids is 1. The van der Waals surface area contributed by atoms with Crippen molar-refractivity contribution in [3.05, 3.63) is 40.2 Å². The minimum absolute atomic E-state index is 0.124. The number of benzene rings is 1. The van der Waals surface area contributed by atoms with Gasteiger partial charge < -0.3 is 5.11 Å². The number of hydrogen-bond acceptors (Lipinski definition) is 1. The molecule has 0 bridgehead atoms. The third-order valence-corrected chi connectivity index (χ3v) is 2.28. The highest BCUT2D eigenvalue weighted by molar-refractivity contribution is 6.31. The zero-order valence-electron chi connectivity index (χ0n) is 8.13. The Labute approximate surface area is 92.0 Å². The van der Waals surface area contributed by atoms with Crippen molar-refractivity contribution in [3.8, 4) is 0 Å². The molecule has 0 heterocycles. The molecule has 0 aliphatic heterocycles. The summed E-state index contributed by atoms with van der Waals surface area (Å²) in [5, 5.41) is 8.76. The predicted molar refractivity (Wildman–Crippen MR) is 57.4 cm³/mol. The van der Waals surface area contributed by atoms with Gasteiger partial charge in [0.1, 0.15) is 5.82 Å². The molecule has 0 atom stereocenters. The molecule has 0 saturated carbocycles. The van der Waals surface area contributed by atoms with Crippen LogP contribution in [0, 0.1) is 12.7 Å². The van der Waals surface area contributed by atoms with Crippen molar-refractivity contribution in [1.29, 1.82) is 0 Å². The van der Waals surface area contributed by atoms with Crippen molar-refractivity contribution >= 4 is 23.6 Å². The van der Waals surface area contributed by atoms with E-state index in [1.165, 1.54) is 18.2 Å². The monoisotopic (exact) mass is 228 g/mol. The Morgan fingerprint density at radius 1 is 1.60 bits per heavy atom. The average Bonchev–Trinajstić information content (AvgIpc) is 2.13. The summed E-state index contributed by atoms with van der Waals surface area (Å²) in [7, 11) is 0. The standard InChI is InChI=1S/C11H10ClFO2/c1-7-5-8(3-2-4-11(14)15)10(13)6-9(7)12/h2-3,5-6H,4H2,1H3,(H,14,15). The van der Waals surface area contributed by atoms with Gasteiger partial charge in [-0.1, -0.05) is 23.8 Å². The van der Waals surface area contributed by atoms with Crippen LogP contribution in [0.4, 0.5) is 4.39 Å². The molecular weight excluding hydrogens is 219 g/mol. The van der Waals surface area contributed by atoms with Crippen molar-refractivity contribution in [2.45, 2.75) is 13.3 Å². The van der Waals surface area contributed by atoms with Gasteiger partial charge in [-0.05, 0) is 24.6 Å². The molecule has 0 spiro atoms. The first-order valence-corrected chi connectivity index (χ1v) is 4.72. The van der Waals surface area contributed by atoms with Crippen LogP contribution in [-0.2, 0) is 4.79 Å².